The fourth-order valence-electron chi connectivity index (χ4n) is 7.82. The molecule has 0 atom stereocenters. The van der Waals surface area contributed by atoms with Crippen molar-refractivity contribution < 1.29 is 4.11 Å². The van der Waals surface area contributed by atoms with Crippen LogP contribution in [-0.2, 0) is 0 Å². The van der Waals surface area contributed by atoms with Gasteiger partial charge in [-0.1, -0.05) is 127 Å². The quantitative estimate of drug-likeness (QED) is 0.188. The van der Waals surface area contributed by atoms with Gasteiger partial charge in [0, 0.05) is 9.80 Å². The molecule has 46 heavy (non-hydrogen) atoms. The van der Waals surface area contributed by atoms with Gasteiger partial charge in [0.15, 0.2) is 0 Å². The van der Waals surface area contributed by atoms with Crippen LogP contribution in [0.25, 0.3) is 93.5 Å². The minimum absolute atomic E-state index is 0.0650. The van der Waals surface area contributed by atoms with Gasteiger partial charge in [0.2, 0.25) is 0 Å². The highest BCUT2D eigenvalue weighted by Crippen LogP contribution is 2.51. The van der Waals surface area contributed by atoms with E-state index < -0.39 is 6.85 Å². The topological polar surface area (TPSA) is 17.8 Å². The third-order valence-corrected chi connectivity index (χ3v) is 9.72. The van der Waals surface area contributed by atoms with E-state index in [0.29, 0.717) is 5.52 Å². The van der Waals surface area contributed by atoms with E-state index in [4.69, 9.17) is 4.11 Å². The summed E-state index contributed by atoms with van der Waals surface area (Å²) in [5.74, 6) is 0.0650. The Labute approximate surface area is 271 Å². The van der Waals surface area contributed by atoms with E-state index in [1.807, 2.05) is 36.4 Å². The summed E-state index contributed by atoms with van der Waals surface area (Å²) in [7, 11) is 0. The summed E-state index contributed by atoms with van der Waals surface area (Å²) in [6, 6.07) is 53.3. The van der Waals surface area contributed by atoms with Gasteiger partial charge in [-0.25, -0.2) is 4.98 Å². The molecule has 0 saturated carbocycles. The van der Waals surface area contributed by atoms with Crippen LogP contribution in [0.4, 0.5) is 0 Å². The minimum Gasteiger partial charge on any atom is -0.297 e. The number of aromatic nitrogens is 2. The molecule has 0 N–H and O–H groups in total. The van der Waals surface area contributed by atoms with Crippen molar-refractivity contribution in [2.24, 2.45) is 0 Å². The normalized spacial score (nSPS) is 13.3. The molecule has 214 valence electrons. The molecule has 2 nitrogen and oxygen atoms in total. The first-order chi connectivity index (χ1) is 24.0. The van der Waals surface area contributed by atoms with Gasteiger partial charge in [-0.15, -0.1) is 0 Å². The second-order valence-corrected chi connectivity index (χ2v) is 12.1. The second kappa shape index (κ2) is 9.50. The van der Waals surface area contributed by atoms with Crippen molar-refractivity contribution >= 4 is 43.4 Å². The summed E-state index contributed by atoms with van der Waals surface area (Å²) in [5, 5.41) is 7.32. The van der Waals surface area contributed by atoms with Crippen molar-refractivity contribution in [1.29, 1.82) is 0 Å². The number of nitrogens with zero attached hydrogens (tertiary/aromatic N) is 2. The monoisotopic (exact) mass is 587 g/mol. The average molecular weight is 588 g/mol. The zero-order valence-electron chi connectivity index (χ0n) is 27.8. The highest BCUT2D eigenvalue weighted by Gasteiger charge is 2.24. The first-order valence-electron chi connectivity index (χ1n) is 17.2. The third-order valence-electron chi connectivity index (χ3n) is 9.72. The van der Waals surface area contributed by atoms with Crippen LogP contribution in [0.3, 0.4) is 0 Å². The molecule has 10 rings (SSSR count). The summed E-state index contributed by atoms with van der Waals surface area (Å²) < 4.78 is 26.4. The Hall–Kier alpha value is -5.99. The predicted octanol–water partition coefficient (Wildman–Crippen LogP) is 11.8. The van der Waals surface area contributed by atoms with Crippen LogP contribution in [0, 0.1) is 6.85 Å². The van der Waals surface area contributed by atoms with Gasteiger partial charge in [0.05, 0.1) is 11.0 Å². The molecule has 0 unspecified atom stereocenters. The van der Waals surface area contributed by atoms with Gasteiger partial charge in [-0.05, 0) is 108 Å². The van der Waals surface area contributed by atoms with E-state index in [9.17, 15) is 0 Å². The molecule has 9 aromatic rings. The van der Waals surface area contributed by atoms with Crippen LogP contribution in [0.5, 0.6) is 0 Å². The van der Waals surface area contributed by atoms with Gasteiger partial charge in [0.1, 0.15) is 5.82 Å². The van der Waals surface area contributed by atoms with E-state index in [2.05, 4.69) is 120 Å². The number of rotatable bonds is 3. The number of aryl methyl sites for hydroxylation is 1. The smallest absolute Gasteiger partial charge is 0.111 e. The van der Waals surface area contributed by atoms with Gasteiger partial charge in [-0.2, -0.15) is 0 Å². The molecule has 0 saturated heterocycles. The second-order valence-electron chi connectivity index (χ2n) is 12.1. The maximum Gasteiger partial charge on any atom is 0.111 e. The number of hydrogen-bond donors (Lipinski definition) is 0. The van der Waals surface area contributed by atoms with E-state index in [1.54, 1.807) is 4.57 Å². The average Bonchev–Trinajstić information content (AvgIpc) is 3.69. The molecular weight excluding hydrogens is 556 g/mol. The predicted molar refractivity (Wildman–Crippen MR) is 194 cm³/mol. The number of hydrogen-bond acceptors (Lipinski definition) is 1. The van der Waals surface area contributed by atoms with Crippen molar-refractivity contribution in [1.82, 2.24) is 9.55 Å². The lowest BCUT2D eigenvalue weighted by Gasteiger charge is -2.19. The molecule has 0 bridgehead atoms. The Balaban J connectivity index is 1.21. The molecule has 1 aliphatic rings. The van der Waals surface area contributed by atoms with Crippen molar-refractivity contribution in [3.63, 3.8) is 0 Å². The zero-order valence-corrected chi connectivity index (χ0v) is 24.8. The summed E-state index contributed by atoms with van der Waals surface area (Å²) in [5.41, 5.74) is 12.1. The van der Waals surface area contributed by atoms with Crippen molar-refractivity contribution in [3.05, 3.63) is 157 Å². The first kappa shape index (κ1) is 22.5. The molecule has 1 aliphatic carbocycles. The summed E-state index contributed by atoms with van der Waals surface area (Å²) in [6.45, 7) is -2.36. The third kappa shape index (κ3) is 3.44. The molecule has 0 fully saturated rings. The molecule has 1 heterocycles. The largest absolute Gasteiger partial charge is 0.297 e. The number of benzene rings is 8. The van der Waals surface area contributed by atoms with E-state index in [-0.39, 0.29) is 5.82 Å². The lowest BCUT2D eigenvalue weighted by molar-refractivity contribution is 1.00. The number of fused-ring (bicyclic) bond motifs is 6. The number of para-hydroxylation sites is 2. The van der Waals surface area contributed by atoms with E-state index in [1.165, 1.54) is 65.7 Å². The van der Waals surface area contributed by atoms with E-state index in [0.717, 1.165) is 22.3 Å². The maximum absolute atomic E-state index is 8.21. The van der Waals surface area contributed by atoms with Crippen LogP contribution in [0.1, 0.15) is 9.94 Å². The van der Waals surface area contributed by atoms with Crippen molar-refractivity contribution in [2.75, 3.05) is 0 Å². The Morgan fingerprint density at radius 2 is 1.00 bits per heavy atom. The summed E-state index contributed by atoms with van der Waals surface area (Å²) >= 11 is 0. The molecule has 0 amide bonds. The highest BCUT2D eigenvalue weighted by molar-refractivity contribution is 6.26. The molecule has 8 aromatic carbocycles. The molecule has 0 aliphatic heterocycles. The highest BCUT2D eigenvalue weighted by atomic mass is 15.1. The Kier molecular flexibility index (Phi) is 4.65. The van der Waals surface area contributed by atoms with Crippen LogP contribution >= 0.6 is 0 Å². The molecule has 0 spiro atoms. The van der Waals surface area contributed by atoms with Gasteiger partial charge in [0.25, 0.3) is 0 Å². The van der Waals surface area contributed by atoms with Crippen LogP contribution in [-0.4, -0.2) is 9.55 Å². The SMILES string of the molecule is [2H]C([2H])([2H])c1nc2ccccc2n1-c1ccc(-c2c3ccccc3c(-c3ccc4c5c(cccc35)-c3ccccc3-4)c3ccccc23)cc1. The molecule has 2 heteroatoms. The molecular formula is C44H28N2. The fourth-order valence-corrected chi connectivity index (χ4v) is 7.82. The number of imidazole rings is 1. The van der Waals surface area contributed by atoms with E-state index >= 15 is 0 Å². The van der Waals surface area contributed by atoms with Crippen molar-refractivity contribution in [2.45, 2.75) is 6.85 Å². The molecule has 1 aromatic heterocycles. The Bertz CT molecular complexity index is 2720. The van der Waals surface area contributed by atoms with Crippen LogP contribution in [0.15, 0.2) is 152 Å². The maximum atomic E-state index is 8.21. The lowest BCUT2D eigenvalue weighted by Crippen LogP contribution is -1.97. The van der Waals surface area contributed by atoms with Crippen molar-refractivity contribution in [3.8, 4) is 50.2 Å². The Morgan fingerprint density at radius 3 is 1.70 bits per heavy atom. The zero-order chi connectivity index (χ0) is 32.9. The summed E-state index contributed by atoms with van der Waals surface area (Å²) in [6.07, 6.45) is 0. The van der Waals surface area contributed by atoms with Crippen LogP contribution < -0.4 is 0 Å². The fraction of sp³-hybridized carbons (Fsp3) is 0.0227. The van der Waals surface area contributed by atoms with Gasteiger partial charge >= 0.3 is 0 Å². The lowest BCUT2D eigenvalue weighted by atomic mass is 9.84. The van der Waals surface area contributed by atoms with Gasteiger partial charge in [-0.3, -0.25) is 4.57 Å². The van der Waals surface area contributed by atoms with Crippen LogP contribution in [0.2, 0.25) is 0 Å². The first-order valence-corrected chi connectivity index (χ1v) is 15.7. The molecule has 0 radical (unpaired) electrons. The summed E-state index contributed by atoms with van der Waals surface area (Å²) in [4.78, 5) is 4.51. The Morgan fingerprint density at radius 1 is 0.457 bits per heavy atom. The minimum atomic E-state index is -2.36. The standard InChI is InChI=1S/C44H28N2/c1-27-45-40-19-8-9-20-41(40)46(27)29-23-21-28(22-24-29)42-33-13-4-6-15-35(33)44(36-16-7-5-14-34(36)42)39-26-25-38-31-12-3-2-11-30(31)32-17-10-18-37(39)43(32)38/h2-26H,1H3/i1D3. The van der Waals surface area contributed by atoms with Gasteiger partial charge < -0.3 is 0 Å².